The molecule has 0 aromatic carbocycles. The third-order valence-electron chi connectivity index (χ3n) is 9.13. The molecule has 0 bridgehead atoms. The summed E-state index contributed by atoms with van der Waals surface area (Å²) in [7, 11) is 0. The Kier molecular flexibility index (Phi) is 7.52. The summed E-state index contributed by atoms with van der Waals surface area (Å²) in [6, 6.07) is 0. The van der Waals surface area contributed by atoms with Gasteiger partial charge in [-0.1, -0.05) is 77.3 Å². The standard InChI is InChI=1S/C28H46O/c1-19(2)20(3)9-10-22(5)26-15-16-27-23(8-7-17-28(26,27)6)12-13-24-18-25(29)14-11-21(24)4/h12-13,19-20,22,25-27,29H,4,7-11,14-18H2,1-3,5-6H3/b23-12+,24-13-/t20-,22-,25+,26-,27-,28+/m1/s1. The molecule has 29 heavy (non-hydrogen) atoms. The first kappa shape index (κ1) is 22.9. The molecule has 0 aromatic rings. The van der Waals surface area contributed by atoms with Crippen LogP contribution in [0.5, 0.6) is 0 Å². The average Bonchev–Trinajstić information content (AvgIpc) is 3.04. The van der Waals surface area contributed by atoms with Crippen LogP contribution in [0.2, 0.25) is 0 Å². The highest BCUT2D eigenvalue weighted by Gasteiger charge is 2.50. The summed E-state index contributed by atoms with van der Waals surface area (Å²) in [5.74, 6) is 4.14. The summed E-state index contributed by atoms with van der Waals surface area (Å²) in [6.07, 6.45) is 16.8. The van der Waals surface area contributed by atoms with Crippen molar-refractivity contribution in [2.75, 3.05) is 0 Å². The zero-order chi connectivity index (χ0) is 21.2. The molecule has 0 heterocycles. The zero-order valence-corrected chi connectivity index (χ0v) is 19.8. The Morgan fingerprint density at radius 1 is 1.07 bits per heavy atom. The molecule has 1 nitrogen and oxygen atoms in total. The molecule has 3 rings (SSSR count). The van der Waals surface area contributed by atoms with Gasteiger partial charge >= 0.3 is 0 Å². The van der Waals surface area contributed by atoms with Gasteiger partial charge in [0.2, 0.25) is 0 Å². The van der Waals surface area contributed by atoms with E-state index in [0.29, 0.717) is 5.41 Å². The van der Waals surface area contributed by atoms with Gasteiger partial charge in [0.1, 0.15) is 0 Å². The molecule has 0 unspecified atom stereocenters. The van der Waals surface area contributed by atoms with E-state index in [-0.39, 0.29) is 6.10 Å². The first-order chi connectivity index (χ1) is 13.7. The Morgan fingerprint density at radius 3 is 2.55 bits per heavy atom. The van der Waals surface area contributed by atoms with E-state index in [1.807, 2.05) is 0 Å². The lowest BCUT2D eigenvalue weighted by Gasteiger charge is -2.44. The van der Waals surface area contributed by atoms with E-state index in [0.717, 1.165) is 48.9 Å². The number of allylic oxidation sites excluding steroid dienone is 4. The minimum absolute atomic E-state index is 0.174. The van der Waals surface area contributed by atoms with Crippen molar-refractivity contribution in [1.29, 1.82) is 0 Å². The predicted octanol–water partition coefficient (Wildman–Crippen LogP) is 7.87. The monoisotopic (exact) mass is 398 g/mol. The van der Waals surface area contributed by atoms with Gasteiger partial charge in [-0.05, 0) is 91.9 Å². The van der Waals surface area contributed by atoms with E-state index in [9.17, 15) is 5.11 Å². The maximum absolute atomic E-state index is 10.0. The maximum Gasteiger partial charge on any atom is 0.0583 e. The van der Waals surface area contributed by atoms with Crippen molar-refractivity contribution in [2.24, 2.45) is 35.0 Å². The predicted molar refractivity (Wildman–Crippen MR) is 126 cm³/mol. The fraction of sp³-hybridized carbons (Fsp3) is 0.786. The molecule has 1 N–H and O–H groups in total. The third-order valence-corrected chi connectivity index (χ3v) is 9.13. The van der Waals surface area contributed by atoms with Crippen LogP contribution in [-0.4, -0.2) is 11.2 Å². The first-order valence-electron chi connectivity index (χ1n) is 12.5. The number of hydrogen-bond acceptors (Lipinski definition) is 1. The van der Waals surface area contributed by atoms with E-state index in [4.69, 9.17) is 0 Å². The van der Waals surface area contributed by atoms with Crippen molar-refractivity contribution in [3.05, 3.63) is 35.5 Å². The lowest BCUT2D eigenvalue weighted by Crippen LogP contribution is -2.36. The van der Waals surface area contributed by atoms with Gasteiger partial charge in [-0.2, -0.15) is 0 Å². The van der Waals surface area contributed by atoms with Crippen LogP contribution in [0.25, 0.3) is 0 Å². The third kappa shape index (κ3) is 5.09. The van der Waals surface area contributed by atoms with Crippen LogP contribution in [0, 0.1) is 35.0 Å². The summed E-state index contributed by atoms with van der Waals surface area (Å²) in [5.41, 5.74) is 4.70. The van der Waals surface area contributed by atoms with Crippen molar-refractivity contribution < 1.29 is 5.11 Å². The van der Waals surface area contributed by atoms with E-state index >= 15 is 0 Å². The summed E-state index contributed by atoms with van der Waals surface area (Å²) in [6.45, 7) is 16.6. The van der Waals surface area contributed by atoms with Gasteiger partial charge in [-0.3, -0.25) is 0 Å². The summed E-state index contributed by atoms with van der Waals surface area (Å²) in [5, 5.41) is 10.0. The van der Waals surface area contributed by atoms with Crippen LogP contribution < -0.4 is 0 Å². The largest absolute Gasteiger partial charge is 0.393 e. The van der Waals surface area contributed by atoms with Gasteiger partial charge in [0.25, 0.3) is 0 Å². The molecule has 0 aromatic heterocycles. The van der Waals surface area contributed by atoms with Crippen molar-refractivity contribution in [3.63, 3.8) is 0 Å². The molecule has 3 fully saturated rings. The highest BCUT2D eigenvalue weighted by molar-refractivity contribution is 5.36. The van der Waals surface area contributed by atoms with Gasteiger partial charge < -0.3 is 5.11 Å². The molecular weight excluding hydrogens is 352 g/mol. The number of rotatable bonds is 6. The van der Waals surface area contributed by atoms with Crippen LogP contribution in [0.4, 0.5) is 0 Å². The summed E-state index contributed by atoms with van der Waals surface area (Å²) in [4.78, 5) is 0. The molecular formula is C28H46O. The van der Waals surface area contributed by atoms with Crippen LogP contribution in [0.1, 0.15) is 98.8 Å². The normalized spacial score (nSPS) is 37.9. The van der Waals surface area contributed by atoms with Crippen molar-refractivity contribution >= 4 is 0 Å². The number of aliphatic hydroxyl groups excluding tert-OH is 1. The number of hydrogen-bond donors (Lipinski definition) is 1. The van der Waals surface area contributed by atoms with E-state index in [1.54, 1.807) is 5.57 Å². The topological polar surface area (TPSA) is 20.2 Å². The van der Waals surface area contributed by atoms with Crippen molar-refractivity contribution in [1.82, 2.24) is 0 Å². The molecule has 0 aliphatic heterocycles. The summed E-state index contributed by atoms with van der Waals surface area (Å²) >= 11 is 0. The SMILES string of the molecule is C=C1CC[C@H](O)C/C1=C/C=C1\CCC[C@]2(C)[C@@H]1CC[C@@H]2[C@H](C)CC[C@@H](C)C(C)C. The number of aliphatic hydroxyl groups is 1. The molecule has 0 saturated heterocycles. The minimum Gasteiger partial charge on any atom is -0.393 e. The highest BCUT2D eigenvalue weighted by atomic mass is 16.3. The van der Waals surface area contributed by atoms with Gasteiger partial charge in [0, 0.05) is 0 Å². The molecule has 0 radical (unpaired) electrons. The molecule has 164 valence electrons. The Morgan fingerprint density at radius 2 is 1.83 bits per heavy atom. The molecule has 3 aliphatic rings. The second-order valence-corrected chi connectivity index (χ2v) is 11.3. The molecule has 0 amide bonds. The smallest absolute Gasteiger partial charge is 0.0583 e. The second-order valence-electron chi connectivity index (χ2n) is 11.3. The van der Waals surface area contributed by atoms with Gasteiger partial charge in [0.05, 0.1) is 6.10 Å². The Bertz CT molecular complexity index is 639. The summed E-state index contributed by atoms with van der Waals surface area (Å²) < 4.78 is 0. The highest BCUT2D eigenvalue weighted by Crippen LogP contribution is 2.60. The lowest BCUT2D eigenvalue weighted by molar-refractivity contribution is 0.0907. The molecule has 3 aliphatic carbocycles. The quantitative estimate of drug-likeness (QED) is 0.482. The fourth-order valence-corrected chi connectivity index (χ4v) is 6.67. The van der Waals surface area contributed by atoms with Gasteiger partial charge in [0.15, 0.2) is 0 Å². The molecule has 3 saturated carbocycles. The van der Waals surface area contributed by atoms with Crippen LogP contribution in [0.15, 0.2) is 35.5 Å². The van der Waals surface area contributed by atoms with E-state index < -0.39 is 0 Å². The van der Waals surface area contributed by atoms with Crippen LogP contribution in [-0.2, 0) is 0 Å². The molecule has 6 atom stereocenters. The zero-order valence-electron chi connectivity index (χ0n) is 19.8. The van der Waals surface area contributed by atoms with Crippen molar-refractivity contribution in [3.8, 4) is 0 Å². The van der Waals surface area contributed by atoms with Crippen LogP contribution in [0.3, 0.4) is 0 Å². The van der Waals surface area contributed by atoms with Gasteiger partial charge in [-0.15, -0.1) is 0 Å². The lowest BCUT2D eigenvalue weighted by atomic mass is 9.60. The average molecular weight is 399 g/mol. The Balaban J connectivity index is 1.70. The van der Waals surface area contributed by atoms with Crippen LogP contribution >= 0.6 is 0 Å². The molecule has 0 spiro atoms. The first-order valence-corrected chi connectivity index (χ1v) is 12.5. The second kappa shape index (κ2) is 9.54. The van der Waals surface area contributed by atoms with Gasteiger partial charge in [-0.25, -0.2) is 0 Å². The Labute approximate surface area is 180 Å². The number of fused-ring (bicyclic) bond motifs is 1. The van der Waals surface area contributed by atoms with E-state index in [2.05, 4.69) is 53.3 Å². The van der Waals surface area contributed by atoms with Crippen molar-refractivity contribution in [2.45, 2.75) is 105 Å². The molecule has 1 heteroatoms. The fourth-order valence-electron chi connectivity index (χ4n) is 6.67. The van der Waals surface area contributed by atoms with E-state index in [1.165, 1.54) is 56.1 Å². The minimum atomic E-state index is -0.174. The maximum atomic E-state index is 10.0. The Hall–Kier alpha value is -0.820.